The Bertz CT molecular complexity index is 523. The van der Waals surface area contributed by atoms with Crippen molar-refractivity contribution in [1.82, 2.24) is 4.90 Å². The zero-order chi connectivity index (χ0) is 14.1. The highest BCUT2D eigenvalue weighted by Crippen LogP contribution is 2.35. The number of hydrogen-bond donors (Lipinski definition) is 1. The molecule has 0 bridgehead atoms. The maximum absolute atomic E-state index is 11.1. The molecular weight excluding hydrogens is 278 g/mol. The number of fused-ring (bicyclic) bond motifs is 1. The number of nitro groups is 1. The molecule has 2 heterocycles. The molecule has 2 saturated heterocycles. The Morgan fingerprint density at radius 3 is 3.00 bits per heavy atom. The molecule has 1 aromatic carbocycles. The van der Waals surface area contributed by atoms with Crippen LogP contribution in [0.15, 0.2) is 18.2 Å². The Morgan fingerprint density at radius 1 is 1.35 bits per heavy atom. The van der Waals surface area contributed by atoms with E-state index in [0.29, 0.717) is 16.8 Å². The van der Waals surface area contributed by atoms with E-state index in [0.717, 1.165) is 19.4 Å². The number of nitrogens with zero attached hydrogens (tertiary/aromatic N) is 2. The van der Waals surface area contributed by atoms with Crippen LogP contribution in [-0.4, -0.2) is 35.0 Å². The van der Waals surface area contributed by atoms with Crippen molar-refractivity contribution >= 4 is 23.0 Å². The lowest BCUT2D eigenvalue weighted by Crippen LogP contribution is -2.42. The monoisotopic (exact) mass is 295 g/mol. The van der Waals surface area contributed by atoms with E-state index < -0.39 is 0 Å². The number of benzene rings is 1. The van der Waals surface area contributed by atoms with Gasteiger partial charge < -0.3 is 10.2 Å². The molecule has 0 aromatic heterocycles. The summed E-state index contributed by atoms with van der Waals surface area (Å²) in [6, 6.07) is 5.71. The maximum Gasteiger partial charge on any atom is 0.293 e. The van der Waals surface area contributed by atoms with E-state index >= 15 is 0 Å². The fourth-order valence-corrected chi connectivity index (χ4v) is 3.59. The Hall–Kier alpha value is -1.33. The van der Waals surface area contributed by atoms with E-state index in [1.54, 1.807) is 12.1 Å². The highest BCUT2D eigenvalue weighted by Gasteiger charge is 2.32. The molecule has 6 heteroatoms. The number of anilines is 1. The lowest BCUT2D eigenvalue weighted by molar-refractivity contribution is -0.384. The third kappa shape index (κ3) is 2.60. The van der Waals surface area contributed by atoms with Crippen LogP contribution < -0.4 is 5.32 Å². The Balaban J connectivity index is 1.76. The first-order valence-electron chi connectivity index (χ1n) is 7.08. The molecule has 0 aliphatic carbocycles. The second-order valence-corrected chi connectivity index (χ2v) is 6.00. The van der Waals surface area contributed by atoms with Crippen LogP contribution in [0.2, 0.25) is 5.02 Å². The van der Waals surface area contributed by atoms with Crippen LogP contribution in [0.4, 0.5) is 11.4 Å². The van der Waals surface area contributed by atoms with Gasteiger partial charge in [0, 0.05) is 24.7 Å². The molecule has 1 aromatic rings. The van der Waals surface area contributed by atoms with Crippen LogP contribution >= 0.6 is 11.6 Å². The van der Waals surface area contributed by atoms with Crippen LogP contribution in [0.25, 0.3) is 0 Å². The van der Waals surface area contributed by atoms with Gasteiger partial charge in [0.1, 0.15) is 5.69 Å². The topological polar surface area (TPSA) is 58.4 Å². The summed E-state index contributed by atoms with van der Waals surface area (Å²) in [5, 5.41) is 14.8. The van der Waals surface area contributed by atoms with Gasteiger partial charge >= 0.3 is 0 Å². The second kappa shape index (κ2) is 5.58. The minimum absolute atomic E-state index is 0.0614. The van der Waals surface area contributed by atoms with Crippen molar-refractivity contribution < 1.29 is 4.92 Å². The number of nitrogens with one attached hydrogen (secondary N) is 1. The number of piperidine rings is 1. The number of halogens is 1. The van der Waals surface area contributed by atoms with Gasteiger partial charge in [-0.25, -0.2) is 0 Å². The van der Waals surface area contributed by atoms with Gasteiger partial charge in [-0.3, -0.25) is 10.1 Å². The summed E-state index contributed by atoms with van der Waals surface area (Å²) in [7, 11) is 0. The van der Waals surface area contributed by atoms with E-state index in [-0.39, 0.29) is 16.7 Å². The van der Waals surface area contributed by atoms with Crippen molar-refractivity contribution in [3.8, 4) is 0 Å². The van der Waals surface area contributed by atoms with Crippen molar-refractivity contribution in [2.24, 2.45) is 0 Å². The molecule has 20 heavy (non-hydrogen) atoms. The summed E-state index contributed by atoms with van der Waals surface area (Å²) in [5.74, 6) is 0. The van der Waals surface area contributed by atoms with Gasteiger partial charge in [-0.1, -0.05) is 17.7 Å². The minimum Gasteiger partial charge on any atom is -0.375 e. The normalized spacial score (nSPS) is 26.2. The zero-order valence-corrected chi connectivity index (χ0v) is 12.0. The highest BCUT2D eigenvalue weighted by atomic mass is 35.5. The average molecular weight is 296 g/mol. The van der Waals surface area contributed by atoms with E-state index in [1.807, 2.05) is 0 Å². The summed E-state index contributed by atoms with van der Waals surface area (Å²) in [6.45, 7) is 2.27. The molecule has 2 unspecified atom stereocenters. The van der Waals surface area contributed by atoms with Crippen LogP contribution in [0.1, 0.15) is 25.7 Å². The molecule has 0 saturated carbocycles. The quantitative estimate of drug-likeness (QED) is 0.687. The largest absolute Gasteiger partial charge is 0.375 e. The van der Waals surface area contributed by atoms with Crippen molar-refractivity contribution in [2.75, 3.05) is 18.4 Å². The highest BCUT2D eigenvalue weighted by molar-refractivity contribution is 6.33. The van der Waals surface area contributed by atoms with Crippen molar-refractivity contribution in [3.05, 3.63) is 33.3 Å². The number of para-hydroxylation sites is 1. The van der Waals surface area contributed by atoms with Gasteiger partial charge in [-0.05, 0) is 38.3 Å². The maximum atomic E-state index is 11.1. The van der Waals surface area contributed by atoms with Crippen molar-refractivity contribution in [1.29, 1.82) is 0 Å². The molecule has 5 nitrogen and oxygen atoms in total. The fourth-order valence-electron chi connectivity index (χ4n) is 3.37. The number of hydrogen-bond acceptors (Lipinski definition) is 4. The second-order valence-electron chi connectivity index (χ2n) is 5.59. The first kappa shape index (κ1) is 13.6. The van der Waals surface area contributed by atoms with Gasteiger partial charge in [0.15, 0.2) is 0 Å². The van der Waals surface area contributed by atoms with Crippen LogP contribution in [0.3, 0.4) is 0 Å². The minimum atomic E-state index is -0.376. The summed E-state index contributed by atoms with van der Waals surface area (Å²) < 4.78 is 0. The predicted molar refractivity (Wildman–Crippen MR) is 79.3 cm³/mol. The third-order valence-electron chi connectivity index (χ3n) is 4.36. The van der Waals surface area contributed by atoms with Crippen LogP contribution in [-0.2, 0) is 0 Å². The summed E-state index contributed by atoms with van der Waals surface area (Å²) in [5.41, 5.74) is 0.530. The third-order valence-corrected chi connectivity index (χ3v) is 4.67. The standard InChI is InChI=1S/C14H18ClN3O2/c15-12-4-1-5-13(18(19)20)14(12)16-10-6-8-17-7-2-3-11(17)9-10/h1,4-5,10-11,16H,2-3,6-9H2. The van der Waals surface area contributed by atoms with Gasteiger partial charge in [0.2, 0.25) is 0 Å². The summed E-state index contributed by atoms with van der Waals surface area (Å²) in [6.07, 6.45) is 4.56. The van der Waals surface area contributed by atoms with Gasteiger partial charge in [-0.15, -0.1) is 0 Å². The first-order valence-corrected chi connectivity index (χ1v) is 7.46. The van der Waals surface area contributed by atoms with E-state index in [2.05, 4.69) is 10.2 Å². The molecule has 2 aliphatic rings. The molecule has 3 rings (SSSR count). The molecule has 2 fully saturated rings. The average Bonchev–Trinajstić information content (AvgIpc) is 2.88. The predicted octanol–water partition coefficient (Wildman–Crippen LogP) is 3.29. The van der Waals surface area contributed by atoms with E-state index in [1.165, 1.54) is 25.5 Å². The molecule has 0 spiro atoms. The zero-order valence-electron chi connectivity index (χ0n) is 11.2. The van der Waals surface area contributed by atoms with Crippen molar-refractivity contribution in [2.45, 2.75) is 37.8 Å². The first-order chi connectivity index (χ1) is 9.65. The lowest BCUT2D eigenvalue weighted by Gasteiger charge is -2.35. The molecule has 1 N–H and O–H groups in total. The van der Waals surface area contributed by atoms with E-state index in [4.69, 9.17) is 11.6 Å². The molecule has 0 amide bonds. The van der Waals surface area contributed by atoms with E-state index in [9.17, 15) is 10.1 Å². The van der Waals surface area contributed by atoms with Gasteiger partial charge in [0.25, 0.3) is 5.69 Å². The smallest absolute Gasteiger partial charge is 0.293 e. The number of rotatable bonds is 3. The molecule has 2 aliphatic heterocycles. The molecule has 0 radical (unpaired) electrons. The lowest BCUT2D eigenvalue weighted by atomic mass is 9.97. The summed E-state index contributed by atoms with van der Waals surface area (Å²) >= 11 is 6.13. The summed E-state index contributed by atoms with van der Waals surface area (Å²) in [4.78, 5) is 13.2. The number of nitro benzene ring substituents is 1. The SMILES string of the molecule is O=[N+]([O-])c1cccc(Cl)c1NC1CCN2CCCC2C1. The Kier molecular flexibility index (Phi) is 3.81. The van der Waals surface area contributed by atoms with Crippen molar-refractivity contribution in [3.63, 3.8) is 0 Å². The molecule has 2 atom stereocenters. The molecule has 108 valence electrons. The fraction of sp³-hybridized carbons (Fsp3) is 0.571. The van der Waals surface area contributed by atoms with Gasteiger partial charge in [-0.2, -0.15) is 0 Å². The molecular formula is C14H18ClN3O2. The Labute approximate surface area is 123 Å². The van der Waals surface area contributed by atoms with Crippen LogP contribution in [0.5, 0.6) is 0 Å². The Morgan fingerprint density at radius 2 is 2.20 bits per heavy atom. The van der Waals surface area contributed by atoms with Crippen LogP contribution in [0, 0.1) is 10.1 Å². The van der Waals surface area contributed by atoms with Gasteiger partial charge in [0.05, 0.1) is 9.95 Å².